The highest BCUT2D eigenvalue weighted by Crippen LogP contribution is 2.35. The van der Waals surface area contributed by atoms with Crippen molar-refractivity contribution in [2.75, 3.05) is 5.32 Å². The minimum atomic E-state index is -0.187. The van der Waals surface area contributed by atoms with Crippen molar-refractivity contribution in [3.63, 3.8) is 0 Å². The van der Waals surface area contributed by atoms with Crippen LogP contribution in [-0.4, -0.2) is 26.2 Å². The Morgan fingerprint density at radius 3 is 2.44 bits per heavy atom. The van der Waals surface area contributed by atoms with Gasteiger partial charge in [0, 0.05) is 17.4 Å². The van der Waals surface area contributed by atoms with Gasteiger partial charge in [-0.1, -0.05) is 60.3 Å². The number of benzene rings is 2. The third-order valence-corrected chi connectivity index (χ3v) is 4.88. The van der Waals surface area contributed by atoms with Crippen LogP contribution in [-0.2, 0) is 4.79 Å². The predicted molar refractivity (Wildman–Crippen MR) is 110 cm³/mol. The third kappa shape index (κ3) is 6.08. The van der Waals surface area contributed by atoms with Crippen LogP contribution in [0.5, 0.6) is 0 Å². The number of hydrogen-bond acceptors (Lipinski definition) is 5. The van der Waals surface area contributed by atoms with Crippen molar-refractivity contribution in [1.82, 2.24) is 26.0 Å². The highest BCUT2D eigenvalue weighted by molar-refractivity contribution is 7.99. The Hall–Kier alpha value is -2.91. The average molecular weight is 399 g/mol. The molecule has 1 unspecified atom stereocenters. The fraction of sp³-hybridized carbons (Fsp3) is 0.111. The van der Waals surface area contributed by atoms with Gasteiger partial charge >= 0.3 is 0 Å². The maximum absolute atomic E-state index is 12.4. The van der Waals surface area contributed by atoms with Crippen molar-refractivity contribution in [1.29, 1.82) is 0 Å². The largest absolute Gasteiger partial charge is 0.331 e. The summed E-state index contributed by atoms with van der Waals surface area (Å²) in [5.74, 6) is -0.187. The molecule has 1 aromatic heterocycles. The summed E-state index contributed by atoms with van der Waals surface area (Å²) in [6.45, 7) is 0. The SMILES string of the molecule is O=C(CC(Sc1ncn[nH]1)c1ccccc1)NNC(=S)Nc1ccccc1. The van der Waals surface area contributed by atoms with Gasteiger partial charge in [-0.2, -0.15) is 5.10 Å². The van der Waals surface area contributed by atoms with E-state index in [9.17, 15) is 4.79 Å². The predicted octanol–water partition coefficient (Wildman–Crippen LogP) is 3.05. The number of aromatic nitrogens is 3. The number of carbonyl (C=O) groups is 1. The van der Waals surface area contributed by atoms with Gasteiger partial charge in [-0.15, -0.1) is 0 Å². The van der Waals surface area contributed by atoms with Crippen LogP contribution in [0.4, 0.5) is 5.69 Å². The molecule has 0 saturated carbocycles. The van der Waals surface area contributed by atoms with Gasteiger partial charge in [0.05, 0.1) is 0 Å². The Morgan fingerprint density at radius 1 is 1.07 bits per heavy atom. The monoisotopic (exact) mass is 398 g/mol. The molecule has 0 spiro atoms. The number of carbonyl (C=O) groups excluding carboxylic acids is 1. The molecule has 4 N–H and O–H groups in total. The zero-order valence-electron chi connectivity index (χ0n) is 14.3. The van der Waals surface area contributed by atoms with Crippen molar-refractivity contribution in [2.45, 2.75) is 16.8 Å². The third-order valence-electron chi connectivity index (χ3n) is 3.54. The van der Waals surface area contributed by atoms with Gasteiger partial charge in [-0.05, 0) is 29.9 Å². The van der Waals surface area contributed by atoms with E-state index in [2.05, 4.69) is 31.3 Å². The maximum atomic E-state index is 12.4. The van der Waals surface area contributed by atoms with Crippen molar-refractivity contribution in [3.05, 3.63) is 72.6 Å². The molecule has 0 saturated heterocycles. The number of nitrogens with one attached hydrogen (secondary N) is 4. The normalized spacial score (nSPS) is 11.4. The first-order valence-corrected chi connectivity index (χ1v) is 9.47. The van der Waals surface area contributed by atoms with Gasteiger partial charge in [0.25, 0.3) is 0 Å². The van der Waals surface area contributed by atoms with Crippen LogP contribution in [0.25, 0.3) is 0 Å². The minimum absolute atomic E-state index is 0.114. The van der Waals surface area contributed by atoms with Crippen molar-refractivity contribution < 1.29 is 4.79 Å². The molecule has 3 rings (SSSR count). The van der Waals surface area contributed by atoms with Gasteiger partial charge < -0.3 is 5.32 Å². The first-order valence-electron chi connectivity index (χ1n) is 8.18. The molecular formula is C18H18N6OS2. The van der Waals surface area contributed by atoms with Gasteiger partial charge in [-0.3, -0.25) is 20.7 Å². The van der Waals surface area contributed by atoms with Crippen LogP contribution < -0.4 is 16.2 Å². The number of hydrogen-bond donors (Lipinski definition) is 4. The zero-order valence-corrected chi connectivity index (χ0v) is 15.9. The standard InChI is InChI=1S/C18H18N6OS2/c25-16(22-23-17(26)21-14-9-5-2-6-10-14)11-15(13-7-3-1-4-8-13)27-18-19-12-20-24-18/h1-10,12,15H,11H2,(H,22,25)(H,19,20,24)(H2,21,23,26). The first-order chi connectivity index (χ1) is 13.2. The summed E-state index contributed by atoms with van der Waals surface area (Å²) in [4.78, 5) is 16.5. The van der Waals surface area contributed by atoms with E-state index in [-0.39, 0.29) is 17.6 Å². The van der Waals surface area contributed by atoms with E-state index in [1.165, 1.54) is 18.1 Å². The van der Waals surface area contributed by atoms with E-state index >= 15 is 0 Å². The number of hydrazine groups is 1. The molecule has 0 radical (unpaired) electrons. The molecule has 27 heavy (non-hydrogen) atoms. The number of para-hydroxylation sites is 1. The Bertz CT molecular complexity index is 858. The van der Waals surface area contributed by atoms with Gasteiger partial charge in [0.15, 0.2) is 10.3 Å². The van der Waals surface area contributed by atoms with Crippen molar-refractivity contribution in [3.8, 4) is 0 Å². The maximum Gasteiger partial charge on any atom is 0.239 e. The lowest BCUT2D eigenvalue weighted by molar-refractivity contribution is -0.121. The second kappa shape index (κ2) is 9.70. The summed E-state index contributed by atoms with van der Waals surface area (Å²) in [6, 6.07) is 19.3. The summed E-state index contributed by atoms with van der Waals surface area (Å²) in [5.41, 5.74) is 7.22. The number of rotatable bonds is 6. The van der Waals surface area contributed by atoms with E-state index in [4.69, 9.17) is 12.2 Å². The van der Waals surface area contributed by atoms with Crippen LogP contribution in [0.15, 0.2) is 72.1 Å². The lowest BCUT2D eigenvalue weighted by Gasteiger charge is -2.16. The fourth-order valence-corrected chi connectivity index (χ4v) is 3.49. The molecule has 9 heteroatoms. The quantitative estimate of drug-likeness (QED) is 0.288. The van der Waals surface area contributed by atoms with E-state index in [1.54, 1.807) is 0 Å². The topological polar surface area (TPSA) is 94.7 Å². The number of thioether (sulfide) groups is 1. The Balaban J connectivity index is 1.55. The van der Waals surface area contributed by atoms with E-state index in [0.29, 0.717) is 10.3 Å². The lowest BCUT2D eigenvalue weighted by Crippen LogP contribution is -2.44. The lowest BCUT2D eigenvalue weighted by atomic mass is 10.1. The van der Waals surface area contributed by atoms with Crippen molar-refractivity contribution >= 4 is 40.7 Å². The van der Waals surface area contributed by atoms with Gasteiger partial charge in [0.1, 0.15) is 6.33 Å². The van der Waals surface area contributed by atoms with Crippen LogP contribution in [0.2, 0.25) is 0 Å². The molecule has 0 bridgehead atoms. The Labute approximate surface area is 166 Å². The van der Waals surface area contributed by atoms with E-state index in [1.807, 2.05) is 60.7 Å². The number of aromatic amines is 1. The highest BCUT2D eigenvalue weighted by atomic mass is 32.2. The Kier molecular flexibility index (Phi) is 6.78. The molecule has 1 heterocycles. The molecule has 0 aliphatic heterocycles. The molecular weight excluding hydrogens is 380 g/mol. The fourth-order valence-electron chi connectivity index (χ4n) is 2.31. The van der Waals surface area contributed by atoms with Crippen LogP contribution in [0.1, 0.15) is 17.2 Å². The molecule has 138 valence electrons. The minimum Gasteiger partial charge on any atom is -0.331 e. The summed E-state index contributed by atoms with van der Waals surface area (Å²) >= 11 is 6.64. The summed E-state index contributed by atoms with van der Waals surface area (Å²) in [5, 5.41) is 10.5. The number of nitrogens with zero attached hydrogens (tertiary/aromatic N) is 2. The number of thiocarbonyl (C=S) groups is 1. The van der Waals surface area contributed by atoms with Gasteiger partial charge in [0.2, 0.25) is 5.91 Å². The number of amides is 1. The average Bonchev–Trinajstić information content (AvgIpc) is 3.20. The second-order valence-electron chi connectivity index (χ2n) is 5.51. The first kappa shape index (κ1) is 18.9. The van der Waals surface area contributed by atoms with E-state index < -0.39 is 0 Å². The molecule has 0 fully saturated rings. The highest BCUT2D eigenvalue weighted by Gasteiger charge is 2.19. The molecule has 1 atom stereocenters. The zero-order chi connectivity index (χ0) is 18.9. The van der Waals surface area contributed by atoms with Crippen molar-refractivity contribution in [2.24, 2.45) is 0 Å². The number of H-pyrrole nitrogens is 1. The molecule has 1 amide bonds. The summed E-state index contributed by atoms with van der Waals surface area (Å²) < 4.78 is 0. The smallest absolute Gasteiger partial charge is 0.239 e. The summed E-state index contributed by atoms with van der Waals surface area (Å²) in [7, 11) is 0. The molecule has 3 aromatic rings. The molecule has 2 aromatic carbocycles. The number of anilines is 1. The molecule has 0 aliphatic carbocycles. The van der Waals surface area contributed by atoms with E-state index in [0.717, 1.165) is 11.3 Å². The Morgan fingerprint density at radius 2 is 1.78 bits per heavy atom. The molecule has 7 nitrogen and oxygen atoms in total. The van der Waals surface area contributed by atoms with Crippen LogP contribution in [0.3, 0.4) is 0 Å². The molecule has 0 aliphatic rings. The second-order valence-corrected chi connectivity index (χ2v) is 7.10. The summed E-state index contributed by atoms with van der Waals surface area (Å²) in [6.07, 6.45) is 1.69. The van der Waals surface area contributed by atoms with Crippen LogP contribution >= 0.6 is 24.0 Å². The van der Waals surface area contributed by atoms with Gasteiger partial charge in [-0.25, -0.2) is 4.98 Å². The van der Waals surface area contributed by atoms with Crippen LogP contribution in [0, 0.1) is 0 Å².